The molecule has 0 aromatic heterocycles. The fourth-order valence-electron chi connectivity index (χ4n) is 1.82. The first kappa shape index (κ1) is 12.5. The summed E-state index contributed by atoms with van der Waals surface area (Å²) in [6.07, 6.45) is 0.896. The lowest BCUT2D eigenvalue weighted by molar-refractivity contribution is -0.111. The lowest BCUT2D eigenvalue weighted by Gasteiger charge is -2.13. The Morgan fingerprint density at radius 3 is 2.38 bits per heavy atom. The van der Waals surface area contributed by atoms with E-state index < -0.39 is 0 Å². The number of para-hydroxylation sites is 1. The number of anilines is 1. The summed E-state index contributed by atoms with van der Waals surface area (Å²) in [5.74, 6) is 0.127. The Morgan fingerprint density at radius 1 is 1.25 bits per heavy atom. The number of rotatable bonds is 4. The fourth-order valence-corrected chi connectivity index (χ4v) is 1.82. The molecule has 1 aromatic rings. The van der Waals surface area contributed by atoms with Gasteiger partial charge in [0.1, 0.15) is 0 Å². The van der Waals surface area contributed by atoms with Gasteiger partial charge in [0.05, 0.1) is 0 Å². The molecule has 1 aromatic carbocycles. The molecule has 0 spiro atoms. The number of hydrogen-bond acceptors (Lipinski definition) is 2. The molecule has 0 amide bonds. The summed E-state index contributed by atoms with van der Waals surface area (Å²) in [4.78, 5) is 11.7. The molecule has 0 aliphatic carbocycles. The number of carbonyl (C=O) groups is 1. The molecule has 0 bridgehead atoms. The third kappa shape index (κ3) is 2.51. The Bertz CT molecular complexity index is 418. The Kier molecular flexibility index (Phi) is 4.29. The monoisotopic (exact) mass is 217 g/mol. The van der Waals surface area contributed by atoms with Gasteiger partial charge in [-0.15, -0.1) is 0 Å². The van der Waals surface area contributed by atoms with Crippen molar-refractivity contribution >= 4 is 17.0 Å². The van der Waals surface area contributed by atoms with Crippen molar-refractivity contribution in [1.82, 2.24) is 0 Å². The predicted molar refractivity (Wildman–Crippen MR) is 69.6 cm³/mol. The van der Waals surface area contributed by atoms with Crippen LogP contribution in [0.5, 0.6) is 0 Å². The fraction of sp³-hybridized carbons (Fsp3) is 0.357. The summed E-state index contributed by atoms with van der Waals surface area (Å²) >= 11 is 0. The van der Waals surface area contributed by atoms with Gasteiger partial charge in [-0.1, -0.05) is 30.7 Å². The van der Waals surface area contributed by atoms with Crippen LogP contribution in [0, 0.1) is 0 Å². The first-order valence-corrected chi connectivity index (χ1v) is 5.59. The van der Waals surface area contributed by atoms with E-state index in [-0.39, 0.29) is 5.78 Å². The van der Waals surface area contributed by atoms with Crippen molar-refractivity contribution in [1.29, 1.82) is 0 Å². The Balaban J connectivity index is 3.38. The predicted octanol–water partition coefficient (Wildman–Crippen LogP) is 3.50. The average molecular weight is 217 g/mol. The Hall–Kier alpha value is -1.57. The lowest BCUT2D eigenvalue weighted by atomic mass is 9.95. The van der Waals surface area contributed by atoms with Crippen LogP contribution in [0.15, 0.2) is 29.8 Å². The van der Waals surface area contributed by atoms with E-state index in [1.807, 2.05) is 38.2 Å². The molecule has 1 N–H and O–H groups in total. The van der Waals surface area contributed by atoms with E-state index >= 15 is 0 Å². The topological polar surface area (TPSA) is 29.1 Å². The van der Waals surface area contributed by atoms with E-state index in [2.05, 4.69) is 12.2 Å². The average Bonchev–Trinajstić information content (AvgIpc) is 2.29. The Morgan fingerprint density at radius 2 is 1.88 bits per heavy atom. The van der Waals surface area contributed by atoms with E-state index in [0.717, 1.165) is 28.8 Å². The number of allylic oxidation sites excluding steroid dienone is 2. The Labute approximate surface area is 97.4 Å². The van der Waals surface area contributed by atoms with Gasteiger partial charge in [-0.2, -0.15) is 0 Å². The van der Waals surface area contributed by atoms with E-state index in [0.29, 0.717) is 0 Å². The van der Waals surface area contributed by atoms with Crippen molar-refractivity contribution < 1.29 is 4.79 Å². The quantitative estimate of drug-likeness (QED) is 0.782. The summed E-state index contributed by atoms with van der Waals surface area (Å²) in [5, 5.41) is 3.12. The number of carbonyl (C=O) groups excluding carboxylic acids is 1. The van der Waals surface area contributed by atoms with Gasteiger partial charge in [-0.3, -0.25) is 4.79 Å². The van der Waals surface area contributed by atoms with Gasteiger partial charge in [0.25, 0.3) is 0 Å². The molecular weight excluding hydrogens is 198 g/mol. The maximum Gasteiger partial charge on any atom is 0.160 e. The number of hydrogen-bond donors (Lipinski definition) is 1. The third-order valence-corrected chi connectivity index (χ3v) is 2.77. The normalized spacial score (nSPS) is 12.0. The van der Waals surface area contributed by atoms with Crippen molar-refractivity contribution in [3.63, 3.8) is 0 Å². The van der Waals surface area contributed by atoms with Gasteiger partial charge in [-0.05, 0) is 26.3 Å². The van der Waals surface area contributed by atoms with Crippen LogP contribution in [-0.4, -0.2) is 12.8 Å². The van der Waals surface area contributed by atoms with Crippen LogP contribution >= 0.6 is 0 Å². The van der Waals surface area contributed by atoms with Crippen molar-refractivity contribution in [2.24, 2.45) is 0 Å². The molecule has 0 unspecified atom stereocenters. The number of Topliss-reactive ketones (excluding diaryl/α,β-unsaturated/α-hetero) is 1. The summed E-state index contributed by atoms with van der Waals surface area (Å²) in [6, 6.07) is 7.90. The van der Waals surface area contributed by atoms with Crippen LogP contribution in [0.2, 0.25) is 0 Å². The van der Waals surface area contributed by atoms with Gasteiger partial charge >= 0.3 is 0 Å². The zero-order valence-corrected chi connectivity index (χ0v) is 10.4. The third-order valence-electron chi connectivity index (χ3n) is 2.77. The highest BCUT2D eigenvalue weighted by molar-refractivity contribution is 6.21. The van der Waals surface area contributed by atoms with Crippen LogP contribution in [-0.2, 0) is 4.79 Å². The highest BCUT2D eigenvalue weighted by atomic mass is 16.1. The molecule has 1 rings (SSSR count). The number of ketones is 1. The van der Waals surface area contributed by atoms with Crippen molar-refractivity contribution in [2.45, 2.75) is 27.2 Å². The van der Waals surface area contributed by atoms with Crippen molar-refractivity contribution in [3.8, 4) is 0 Å². The van der Waals surface area contributed by atoms with Crippen LogP contribution in [0.25, 0.3) is 5.57 Å². The van der Waals surface area contributed by atoms with Gasteiger partial charge in [0, 0.05) is 23.9 Å². The minimum absolute atomic E-state index is 0.127. The molecule has 0 aliphatic rings. The zero-order valence-electron chi connectivity index (χ0n) is 10.4. The lowest BCUT2D eigenvalue weighted by Crippen LogP contribution is -2.03. The molecule has 0 saturated heterocycles. The summed E-state index contributed by atoms with van der Waals surface area (Å²) in [6.45, 7) is 5.71. The van der Waals surface area contributed by atoms with E-state index in [9.17, 15) is 4.79 Å². The van der Waals surface area contributed by atoms with Gasteiger partial charge in [0.2, 0.25) is 0 Å². The minimum Gasteiger partial charge on any atom is -0.388 e. The van der Waals surface area contributed by atoms with Crippen LogP contribution in [0.1, 0.15) is 32.8 Å². The van der Waals surface area contributed by atoms with E-state index in [4.69, 9.17) is 0 Å². The highest BCUT2D eigenvalue weighted by Crippen LogP contribution is 2.27. The molecule has 0 atom stereocenters. The van der Waals surface area contributed by atoms with Crippen molar-refractivity contribution in [2.75, 3.05) is 12.4 Å². The van der Waals surface area contributed by atoms with Crippen LogP contribution in [0.4, 0.5) is 5.69 Å². The zero-order chi connectivity index (χ0) is 12.1. The molecule has 86 valence electrons. The van der Waals surface area contributed by atoms with Gasteiger partial charge in [-0.25, -0.2) is 0 Å². The van der Waals surface area contributed by atoms with Crippen molar-refractivity contribution in [3.05, 3.63) is 35.4 Å². The maximum absolute atomic E-state index is 11.7. The minimum atomic E-state index is 0.127. The SMILES string of the molecule is CCC(C)=C(C(C)=O)c1ccccc1NC. The first-order valence-electron chi connectivity index (χ1n) is 5.59. The molecular formula is C14H19NO. The standard InChI is InChI=1S/C14H19NO/c1-5-10(2)14(11(3)16)12-8-6-7-9-13(12)15-4/h6-9,15H,5H2,1-4H3. The van der Waals surface area contributed by atoms with Gasteiger partial charge in [0.15, 0.2) is 5.78 Å². The molecule has 0 saturated carbocycles. The summed E-state index contributed by atoms with van der Waals surface area (Å²) in [7, 11) is 1.87. The smallest absolute Gasteiger partial charge is 0.160 e. The molecule has 2 nitrogen and oxygen atoms in total. The summed E-state index contributed by atoms with van der Waals surface area (Å²) < 4.78 is 0. The highest BCUT2D eigenvalue weighted by Gasteiger charge is 2.13. The molecule has 0 fully saturated rings. The van der Waals surface area contributed by atoms with Crippen LogP contribution in [0.3, 0.4) is 0 Å². The summed E-state index contributed by atoms with van der Waals surface area (Å²) in [5.41, 5.74) is 3.97. The molecule has 0 aliphatic heterocycles. The van der Waals surface area contributed by atoms with Crippen LogP contribution < -0.4 is 5.32 Å². The van der Waals surface area contributed by atoms with Gasteiger partial charge < -0.3 is 5.32 Å². The first-order chi connectivity index (χ1) is 7.61. The maximum atomic E-state index is 11.7. The second-order valence-corrected chi connectivity index (χ2v) is 3.86. The molecule has 2 heteroatoms. The second kappa shape index (κ2) is 5.50. The largest absolute Gasteiger partial charge is 0.388 e. The number of nitrogens with one attached hydrogen (secondary N) is 1. The van der Waals surface area contributed by atoms with E-state index in [1.54, 1.807) is 6.92 Å². The second-order valence-electron chi connectivity index (χ2n) is 3.86. The number of benzene rings is 1. The van der Waals surface area contributed by atoms with E-state index in [1.165, 1.54) is 0 Å². The molecule has 0 heterocycles. The molecule has 0 radical (unpaired) electrons. The molecule has 16 heavy (non-hydrogen) atoms.